The van der Waals surface area contributed by atoms with Gasteiger partial charge in [0.15, 0.2) is 0 Å². The SMILES string of the molecule is CCCOc1ccc2c(c1)NC(=O)C(N1CCNCC1)C2. The van der Waals surface area contributed by atoms with Crippen molar-refractivity contribution in [1.82, 2.24) is 10.2 Å². The predicted octanol–water partition coefficient (Wildman–Crippen LogP) is 1.24. The highest BCUT2D eigenvalue weighted by molar-refractivity contribution is 5.98. The van der Waals surface area contributed by atoms with Gasteiger partial charge in [-0.1, -0.05) is 13.0 Å². The van der Waals surface area contributed by atoms with Crippen LogP contribution in [0.15, 0.2) is 18.2 Å². The number of carbonyl (C=O) groups excluding carboxylic acids is 1. The van der Waals surface area contributed by atoms with Crippen molar-refractivity contribution in [2.75, 3.05) is 38.1 Å². The van der Waals surface area contributed by atoms with Crippen molar-refractivity contribution in [3.05, 3.63) is 23.8 Å². The fraction of sp³-hybridized carbons (Fsp3) is 0.562. The maximum absolute atomic E-state index is 12.4. The first kappa shape index (κ1) is 14.4. The normalized spacial score (nSPS) is 22.5. The minimum atomic E-state index is -0.0398. The highest BCUT2D eigenvalue weighted by atomic mass is 16.5. The van der Waals surface area contributed by atoms with E-state index in [0.29, 0.717) is 6.61 Å². The van der Waals surface area contributed by atoms with Gasteiger partial charge in [0.05, 0.1) is 12.6 Å². The Morgan fingerprint density at radius 2 is 2.14 bits per heavy atom. The lowest BCUT2D eigenvalue weighted by molar-refractivity contribution is -0.121. The zero-order chi connectivity index (χ0) is 14.7. The smallest absolute Gasteiger partial charge is 0.242 e. The van der Waals surface area contributed by atoms with E-state index < -0.39 is 0 Å². The number of rotatable bonds is 4. The van der Waals surface area contributed by atoms with Crippen LogP contribution in [0.25, 0.3) is 0 Å². The second-order valence-corrected chi connectivity index (χ2v) is 5.66. The fourth-order valence-corrected chi connectivity index (χ4v) is 2.97. The van der Waals surface area contributed by atoms with Crippen molar-refractivity contribution in [1.29, 1.82) is 0 Å². The molecule has 0 saturated carbocycles. The average Bonchev–Trinajstić information content (AvgIpc) is 2.53. The van der Waals surface area contributed by atoms with Crippen LogP contribution >= 0.6 is 0 Å². The van der Waals surface area contributed by atoms with Crippen molar-refractivity contribution < 1.29 is 9.53 Å². The van der Waals surface area contributed by atoms with Crippen molar-refractivity contribution in [2.24, 2.45) is 0 Å². The summed E-state index contributed by atoms with van der Waals surface area (Å²) >= 11 is 0. The van der Waals surface area contributed by atoms with E-state index in [1.54, 1.807) is 0 Å². The van der Waals surface area contributed by atoms with Gasteiger partial charge in [-0.25, -0.2) is 0 Å². The van der Waals surface area contributed by atoms with Gasteiger partial charge in [-0.3, -0.25) is 9.69 Å². The number of anilines is 1. The molecule has 2 heterocycles. The molecule has 21 heavy (non-hydrogen) atoms. The van der Waals surface area contributed by atoms with Crippen LogP contribution < -0.4 is 15.4 Å². The standard InChI is InChI=1S/C16H23N3O2/c1-2-9-21-13-4-3-12-10-15(16(20)18-14(12)11-13)19-7-5-17-6-8-19/h3-4,11,15,17H,2,5-10H2,1H3,(H,18,20). The zero-order valence-corrected chi connectivity index (χ0v) is 12.5. The molecule has 2 aliphatic heterocycles. The predicted molar refractivity (Wildman–Crippen MR) is 82.8 cm³/mol. The lowest BCUT2D eigenvalue weighted by Gasteiger charge is -2.36. The second-order valence-electron chi connectivity index (χ2n) is 5.66. The molecule has 1 amide bonds. The molecule has 3 rings (SSSR count). The van der Waals surface area contributed by atoms with Crippen LogP contribution in [0.4, 0.5) is 5.69 Å². The molecule has 1 saturated heterocycles. The average molecular weight is 289 g/mol. The molecule has 1 fully saturated rings. The molecule has 0 radical (unpaired) electrons. The zero-order valence-electron chi connectivity index (χ0n) is 12.5. The number of amides is 1. The molecule has 1 atom stereocenters. The van der Waals surface area contributed by atoms with Crippen molar-refractivity contribution in [3.8, 4) is 5.75 Å². The van der Waals surface area contributed by atoms with Crippen LogP contribution in [-0.2, 0) is 11.2 Å². The van der Waals surface area contributed by atoms with Gasteiger partial charge in [-0.15, -0.1) is 0 Å². The number of ether oxygens (including phenoxy) is 1. The third-order valence-corrected chi connectivity index (χ3v) is 4.12. The molecule has 0 aliphatic carbocycles. The van der Waals surface area contributed by atoms with Gasteiger partial charge in [0.2, 0.25) is 5.91 Å². The maximum atomic E-state index is 12.4. The Bertz CT molecular complexity index is 512. The molecule has 5 heteroatoms. The van der Waals surface area contributed by atoms with Crippen molar-refractivity contribution >= 4 is 11.6 Å². The van der Waals surface area contributed by atoms with Crippen LogP contribution in [-0.4, -0.2) is 49.6 Å². The lowest BCUT2D eigenvalue weighted by Crippen LogP contribution is -2.54. The maximum Gasteiger partial charge on any atom is 0.242 e. The summed E-state index contributed by atoms with van der Waals surface area (Å²) in [6, 6.07) is 5.98. The first-order chi connectivity index (χ1) is 10.3. The Hall–Kier alpha value is -1.59. The van der Waals surface area contributed by atoms with Gasteiger partial charge in [0.1, 0.15) is 5.75 Å². The molecule has 1 unspecified atom stereocenters. The number of fused-ring (bicyclic) bond motifs is 1. The summed E-state index contributed by atoms with van der Waals surface area (Å²) in [5.74, 6) is 0.938. The van der Waals surface area contributed by atoms with Crippen LogP contribution in [0, 0.1) is 0 Å². The topological polar surface area (TPSA) is 53.6 Å². The second kappa shape index (κ2) is 6.45. The Balaban J connectivity index is 1.73. The van der Waals surface area contributed by atoms with E-state index in [9.17, 15) is 4.79 Å². The molecular weight excluding hydrogens is 266 g/mol. The van der Waals surface area contributed by atoms with E-state index in [1.165, 1.54) is 5.56 Å². The van der Waals surface area contributed by atoms with Crippen LogP contribution in [0.3, 0.4) is 0 Å². The molecule has 2 aliphatic rings. The number of nitrogens with zero attached hydrogens (tertiary/aromatic N) is 1. The molecule has 1 aromatic rings. The summed E-state index contributed by atoms with van der Waals surface area (Å²) in [4.78, 5) is 14.6. The highest BCUT2D eigenvalue weighted by Gasteiger charge is 2.31. The van der Waals surface area contributed by atoms with E-state index in [0.717, 1.165) is 50.5 Å². The third kappa shape index (κ3) is 3.19. The van der Waals surface area contributed by atoms with Crippen molar-refractivity contribution in [3.63, 3.8) is 0 Å². The largest absolute Gasteiger partial charge is 0.494 e. The van der Waals surface area contributed by atoms with E-state index in [-0.39, 0.29) is 11.9 Å². The number of hydrogen-bond donors (Lipinski definition) is 2. The summed E-state index contributed by atoms with van der Waals surface area (Å²) in [5, 5.41) is 6.37. The summed E-state index contributed by atoms with van der Waals surface area (Å²) < 4.78 is 5.63. The van der Waals surface area contributed by atoms with E-state index >= 15 is 0 Å². The van der Waals surface area contributed by atoms with Gasteiger partial charge in [-0.2, -0.15) is 0 Å². The van der Waals surface area contributed by atoms with Gasteiger partial charge in [0, 0.05) is 37.9 Å². The first-order valence-corrected chi connectivity index (χ1v) is 7.79. The molecule has 114 valence electrons. The van der Waals surface area contributed by atoms with Gasteiger partial charge in [0.25, 0.3) is 0 Å². The number of carbonyl (C=O) groups is 1. The highest BCUT2D eigenvalue weighted by Crippen LogP contribution is 2.29. The molecular formula is C16H23N3O2. The Morgan fingerprint density at radius 3 is 2.90 bits per heavy atom. The van der Waals surface area contributed by atoms with E-state index in [2.05, 4.69) is 28.5 Å². The Kier molecular flexibility index (Phi) is 4.41. The van der Waals surface area contributed by atoms with E-state index in [4.69, 9.17) is 4.74 Å². The number of nitrogens with one attached hydrogen (secondary N) is 2. The van der Waals surface area contributed by atoms with Gasteiger partial charge >= 0.3 is 0 Å². The molecule has 0 aromatic heterocycles. The Morgan fingerprint density at radius 1 is 1.33 bits per heavy atom. The minimum Gasteiger partial charge on any atom is -0.494 e. The number of benzene rings is 1. The van der Waals surface area contributed by atoms with E-state index in [1.807, 2.05) is 12.1 Å². The molecule has 0 spiro atoms. The summed E-state index contributed by atoms with van der Waals surface area (Å²) in [5.41, 5.74) is 2.10. The van der Waals surface area contributed by atoms with Crippen LogP contribution in [0.5, 0.6) is 5.75 Å². The number of piperazine rings is 1. The number of hydrogen-bond acceptors (Lipinski definition) is 4. The fourth-order valence-electron chi connectivity index (χ4n) is 2.97. The van der Waals surface area contributed by atoms with Crippen LogP contribution in [0.1, 0.15) is 18.9 Å². The first-order valence-electron chi connectivity index (χ1n) is 7.79. The molecule has 0 bridgehead atoms. The summed E-state index contributed by atoms with van der Waals surface area (Å²) in [7, 11) is 0. The third-order valence-electron chi connectivity index (χ3n) is 4.12. The van der Waals surface area contributed by atoms with Gasteiger partial charge in [-0.05, 0) is 24.5 Å². The molecule has 2 N–H and O–H groups in total. The monoisotopic (exact) mass is 289 g/mol. The Labute approximate surface area is 125 Å². The van der Waals surface area contributed by atoms with Gasteiger partial charge < -0.3 is 15.4 Å². The summed E-state index contributed by atoms with van der Waals surface area (Å²) in [6.45, 7) is 6.57. The molecule has 1 aromatic carbocycles. The lowest BCUT2D eigenvalue weighted by atomic mass is 9.97. The quantitative estimate of drug-likeness (QED) is 0.876. The summed E-state index contributed by atoms with van der Waals surface area (Å²) in [6.07, 6.45) is 1.77. The molecule has 5 nitrogen and oxygen atoms in total. The van der Waals surface area contributed by atoms with Crippen LogP contribution in [0.2, 0.25) is 0 Å². The minimum absolute atomic E-state index is 0.0398. The van der Waals surface area contributed by atoms with Crippen molar-refractivity contribution in [2.45, 2.75) is 25.8 Å².